The Kier molecular flexibility index (Phi) is 3.97. The van der Waals surface area contributed by atoms with Crippen molar-refractivity contribution in [3.63, 3.8) is 0 Å². The van der Waals surface area contributed by atoms with Crippen LogP contribution in [0.3, 0.4) is 0 Å². The van der Waals surface area contributed by atoms with Crippen molar-refractivity contribution in [1.82, 2.24) is 5.32 Å². The van der Waals surface area contributed by atoms with Crippen LogP contribution in [0.25, 0.3) is 0 Å². The molecule has 0 radical (unpaired) electrons. The third kappa shape index (κ3) is 2.88. The Bertz CT molecular complexity index is 434. The lowest BCUT2D eigenvalue weighted by Gasteiger charge is -2.17. The Morgan fingerprint density at radius 3 is 2.72 bits per heavy atom. The number of benzene rings is 1. The lowest BCUT2D eigenvalue weighted by Crippen LogP contribution is -2.33. The monoisotopic (exact) mass is 248 g/mol. The first-order valence-corrected chi connectivity index (χ1v) is 6.59. The molecule has 1 saturated carbocycles. The third-order valence-electron chi connectivity index (χ3n) is 3.78. The van der Waals surface area contributed by atoms with Crippen molar-refractivity contribution < 1.29 is 4.92 Å². The number of para-hydroxylation sites is 1. The van der Waals surface area contributed by atoms with Gasteiger partial charge in [-0.15, -0.1) is 0 Å². The summed E-state index contributed by atoms with van der Waals surface area (Å²) in [5.41, 5.74) is 1.08. The summed E-state index contributed by atoms with van der Waals surface area (Å²) in [6.07, 6.45) is 1.98. The minimum atomic E-state index is -0.283. The summed E-state index contributed by atoms with van der Waals surface area (Å²) in [5, 5.41) is 14.5. The Labute approximate surface area is 108 Å². The fourth-order valence-electron chi connectivity index (χ4n) is 2.65. The number of likely N-dealkylation sites (N-methyl/N-ethyl adjacent to an activating group) is 1. The highest BCUT2D eigenvalue weighted by Gasteiger charge is 2.39. The van der Waals surface area contributed by atoms with E-state index in [0.717, 1.165) is 24.4 Å². The Hall–Kier alpha value is -1.42. The number of rotatable bonds is 6. The average molecular weight is 248 g/mol. The van der Waals surface area contributed by atoms with E-state index in [1.807, 2.05) is 12.1 Å². The number of hydrogen-bond acceptors (Lipinski definition) is 3. The van der Waals surface area contributed by atoms with E-state index < -0.39 is 0 Å². The summed E-state index contributed by atoms with van der Waals surface area (Å²) in [6.45, 7) is 5.24. The lowest BCUT2D eigenvalue weighted by atomic mass is 9.99. The van der Waals surface area contributed by atoms with E-state index in [2.05, 4.69) is 19.2 Å². The average Bonchev–Trinajstić information content (AvgIpc) is 3.06. The van der Waals surface area contributed by atoms with Crippen molar-refractivity contribution in [2.45, 2.75) is 32.7 Å². The fourth-order valence-corrected chi connectivity index (χ4v) is 2.65. The number of nitrogens with one attached hydrogen (secondary N) is 1. The second kappa shape index (κ2) is 5.48. The van der Waals surface area contributed by atoms with E-state index in [1.54, 1.807) is 12.1 Å². The molecule has 98 valence electrons. The summed E-state index contributed by atoms with van der Waals surface area (Å²) in [7, 11) is 0. The first-order chi connectivity index (χ1) is 8.63. The molecule has 3 unspecified atom stereocenters. The largest absolute Gasteiger partial charge is 0.314 e. The normalized spacial score (nSPS) is 23.7. The number of hydrogen-bond donors (Lipinski definition) is 1. The zero-order valence-electron chi connectivity index (χ0n) is 10.9. The molecule has 3 atom stereocenters. The predicted octanol–water partition coefficient (Wildman–Crippen LogP) is 2.77. The standard InChI is InChI=1S/C14H20N2O2/c1-3-15-13(12-8-10(12)2)9-11-6-4-5-7-14(11)16(17)18/h4-7,10,12-13,15H,3,8-9H2,1-2H3. The van der Waals surface area contributed by atoms with E-state index >= 15 is 0 Å². The predicted molar refractivity (Wildman–Crippen MR) is 71.5 cm³/mol. The van der Waals surface area contributed by atoms with E-state index in [0.29, 0.717) is 12.0 Å². The lowest BCUT2D eigenvalue weighted by molar-refractivity contribution is -0.385. The van der Waals surface area contributed by atoms with Gasteiger partial charge in [0, 0.05) is 17.7 Å². The van der Waals surface area contributed by atoms with Gasteiger partial charge in [0.05, 0.1) is 4.92 Å². The summed E-state index contributed by atoms with van der Waals surface area (Å²) in [6, 6.07) is 7.43. The van der Waals surface area contributed by atoms with Gasteiger partial charge in [-0.1, -0.05) is 32.0 Å². The van der Waals surface area contributed by atoms with Crippen molar-refractivity contribution in [3.05, 3.63) is 39.9 Å². The van der Waals surface area contributed by atoms with Crippen molar-refractivity contribution in [1.29, 1.82) is 0 Å². The number of nitrogens with zero attached hydrogens (tertiary/aromatic N) is 1. The maximum atomic E-state index is 11.0. The molecule has 1 aliphatic carbocycles. The van der Waals surface area contributed by atoms with E-state index in [4.69, 9.17) is 0 Å². The molecule has 1 aromatic rings. The molecule has 1 aromatic carbocycles. The van der Waals surface area contributed by atoms with Crippen LogP contribution in [0, 0.1) is 22.0 Å². The summed E-state index contributed by atoms with van der Waals surface area (Å²) >= 11 is 0. The zero-order chi connectivity index (χ0) is 13.1. The van der Waals surface area contributed by atoms with Crippen LogP contribution in [0.1, 0.15) is 25.8 Å². The molecule has 4 heteroatoms. The van der Waals surface area contributed by atoms with Gasteiger partial charge in [-0.2, -0.15) is 0 Å². The molecule has 2 rings (SSSR count). The van der Waals surface area contributed by atoms with Crippen LogP contribution in [0.2, 0.25) is 0 Å². The second-order valence-electron chi connectivity index (χ2n) is 5.13. The minimum Gasteiger partial charge on any atom is -0.314 e. The topological polar surface area (TPSA) is 55.2 Å². The molecule has 0 amide bonds. The molecule has 1 aliphatic rings. The molecule has 18 heavy (non-hydrogen) atoms. The first-order valence-electron chi connectivity index (χ1n) is 6.59. The quantitative estimate of drug-likeness (QED) is 0.622. The van der Waals surface area contributed by atoms with Gasteiger partial charge in [0.2, 0.25) is 0 Å². The first kappa shape index (κ1) is 13.0. The molecular formula is C14H20N2O2. The molecule has 4 nitrogen and oxygen atoms in total. The SMILES string of the molecule is CCNC(Cc1ccccc1[N+](=O)[O-])C1CC1C. The van der Waals surface area contributed by atoms with Crippen LogP contribution in [-0.2, 0) is 6.42 Å². The van der Waals surface area contributed by atoms with Crippen LogP contribution in [0.5, 0.6) is 0 Å². The highest BCUT2D eigenvalue weighted by atomic mass is 16.6. The van der Waals surface area contributed by atoms with Crippen molar-refractivity contribution in [2.75, 3.05) is 6.54 Å². The molecule has 1 N–H and O–H groups in total. The summed E-state index contributed by atoms with van der Waals surface area (Å²) in [5.74, 6) is 1.42. The van der Waals surface area contributed by atoms with Gasteiger partial charge in [0.1, 0.15) is 0 Å². The van der Waals surface area contributed by atoms with E-state index in [-0.39, 0.29) is 10.6 Å². The third-order valence-corrected chi connectivity index (χ3v) is 3.78. The molecular weight excluding hydrogens is 228 g/mol. The van der Waals surface area contributed by atoms with Crippen molar-refractivity contribution >= 4 is 5.69 Å². The van der Waals surface area contributed by atoms with Gasteiger partial charge in [-0.25, -0.2) is 0 Å². The van der Waals surface area contributed by atoms with Crippen LogP contribution < -0.4 is 5.32 Å². The van der Waals surface area contributed by atoms with Crippen molar-refractivity contribution in [2.24, 2.45) is 11.8 Å². The molecule has 0 bridgehead atoms. The van der Waals surface area contributed by atoms with Gasteiger partial charge < -0.3 is 5.32 Å². The van der Waals surface area contributed by atoms with Crippen LogP contribution in [0.15, 0.2) is 24.3 Å². The Morgan fingerprint density at radius 1 is 1.50 bits per heavy atom. The molecule has 0 heterocycles. The highest BCUT2D eigenvalue weighted by Crippen LogP contribution is 2.42. The van der Waals surface area contributed by atoms with E-state index in [1.165, 1.54) is 6.42 Å². The van der Waals surface area contributed by atoms with Crippen LogP contribution in [-0.4, -0.2) is 17.5 Å². The molecule has 0 aliphatic heterocycles. The summed E-state index contributed by atoms with van der Waals surface area (Å²) < 4.78 is 0. The van der Waals surface area contributed by atoms with Crippen LogP contribution in [0.4, 0.5) is 5.69 Å². The number of nitro benzene ring substituents is 1. The van der Waals surface area contributed by atoms with Crippen molar-refractivity contribution in [3.8, 4) is 0 Å². The van der Waals surface area contributed by atoms with Gasteiger partial charge in [0.25, 0.3) is 5.69 Å². The van der Waals surface area contributed by atoms with Gasteiger partial charge in [-0.05, 0) is 31.2 Å². The smallest absolute Gasteiger partial charge is 0.272 e. The molecule has 0 saturated heterocycles. The minimum absolute atomic E-state index is 0.244. The van der Waals surface area contributed by atoms with E-state index in [9.17, 15) is 10.1 Å². The van der Waals surface area contributed by atoms with Gasteiger partial charge >= 0.3 is 0 Å². The summed E-state index contributed by atoms with van der Waals surface area (Å²) in [4.78, 5) is 10.7. The maximum Gasteiger partial charge on any atom is 0.272 e. The molecule has 1 fully saturated rings. The molecule has 0 spiro atoms. The van der Waals surface area contributed by atoms with Gasteiger partial charge in [0.15, 0.2) is 0 Å². The molecule has 0 aromatic heterocycles. The Balaban J connectivity index is 2.13. The second-order valence-corrected chi connectivity index (χ2v) is 5.13. The maximum absolute atomic E-state index is 11.0. The fraction of sp³-hybridized carbons (Fsp3) is 0.571. The number of nitro groups is 1. The zero-order valence-corrected chi connectivity index (χ0v) is 10.9. The highest BCUT2D eigenvalue weighted by molar-refractivity contribution is 5.40. The van der Waals surface area contributed by atoms with Gasteiger partial charge in [-0.3, -0.25) is 10.1 Å². The Morgan fingerprint density at radius 2 is 2.17 bits per heavy atom. The van der Waals surface area contributed by atoms with Crippen LogP contribution >= 0.6 is 0 Å².